The number of anilines is 1. The molecule has 204 valence electrons. The number of nitrogens with zero attached hydrogens (tertiary/aromatic N) is 2. The first-order valence-corrected chi connectivity index (χ1v) is 14.2. The fraction of sp³-hybridized carbons (Fsp3) is 0.200. The number of carbonyl (C=O) groups is 3. The molecule has 10 heteroatoms. The van der Waals surface area contributed by atoms with E-state index < -0.39 is 17.1 Å². The molecule has 1 aliphatic heterocycles. The summed E-state index contributed by atoms with van der Waals surface area (Å²) < 4.78 is 12.2. The summed E-state index contributed by atoms with van der Waals surface area (Å²) in [5.41, 5.74) is 3.64. The molecule has 1 fully saturated rings. The van der Waals surface area contributed by atoms with Gasteiger partial charge < -0.3 is 14.8 Å². The molecule has 0 aromatic heterocycles. The minimum atomic E-state index is -0.539. The molecule has 1 saturated heterocycles. The number of nitriles is 1. The van der Waals surface area contributed by atoms with Crippen LogP contribution in [0.3, 0.4) is 0 Å². The third kappa shape index (κ3) is 6.84. The Bertz CT molecular complexity index is 1530. The molecule has 1 aliphatic rings. The summed E-state index contributed by atoms with van der Waals surface area (Å²) >= 11 is 2.88. The summed E-state index contributed by atoms with van der Waals surface area (Å²) in [6.07, 6.45) is 1.59. The molecule has 0 aliphatic carbocycles. The molecule has 4 rings (SSSR count). The first-order chi connectivity index (χ1) is 19.2. The molecule has 1 heterocycles. The highest BCUT2D eigenvalue weighted by Crippen LogP contribution is 2.37. The third-order valence-electron chi connectivity index (χ3n) is 6.10. The number of hydrogen-bond donors (Lipinski definition) is 1. The number of benzene rings is 3. The van der Waals surface area contributed by atoms with E-state index in [2.05, 4.69) is 47.8 Å². The van der Waals surface area contributed by atoms with Gasteiger partial charge in [-0.15, -0.1) is 0 Å². The molecular formula is C30H26IN3O5S. The standard InChI is InChI=1S/C30H26IN3O5S/c1-18(2)20-8-10-23(11-9-20)33-27(35)16-34-29(36)26(40-30(34)37)14-19-12-24(31)28(25(13-19)38-3)39-17-22-7-5-4-6-21(22)15-32/h4-14,18H,16-17H2,1-3H3,(H,33,35)/b26-14+. The summed E-state index contributed by atoms with van der Waals surface area (Å²) in [6, 6.07) is 20.3. The van der Waals surface area contributed by atoms with Gasteiger partial charge in [0.15, 0.2) is 11.5 Å². The molecule has 0 atom stereocenters. The number of hydrogen-bond acceptors (Lipinski definition) is 7. The molecule has 0 radical (unpaired) electrons. The Morgan fingerprint density at radius 1 is 1.15 bits per heavy atom. The highest BCUT2D eigenvalue weighted by Gasteiger charge is 2.36. The maximum absolute atomic E-state index is 13.0. The van der Waals surface area contributed by atoms with Crippen LogP contribution < -0.4 is 14.8 Å². The van der Waals surface area contributed by atoms with Crippen molar-refractivity contribution >= 4 is 63.2 Å². The monoisotopic (exact) mass is 667 g/mol. The Morgan fingerprint density at radius 3 is 2.55 bits per heavy atom. The lowest BCUT2D eigenvalue weighted by molar-refractivity contribution is -0.127. The smallest absolute Gasteiger partial charge is 0.294 e. The van der Waals surface area contributed by atoms with Crippen LogP contribution in [0.4, 0.5) is 10.5 Å². The van der Waals surface area contributed by atoms with Crippen molar-refractivity contribution in [3.8, 4) is 17.6 Å². The summed E-state index contributed by atoms with van der Waals surface area (Å²) in [4.78, 5) is 39.3. The van der Waals surface area contributed by atoms with Crippen molar-refractivity contribution in [3.63, 3.8) is 0 Å². The van der Waals surface area contributed by atoms with Crippen molar-refractivity contribution in [2.24, 2.45) is 0 Å². The maximum atomic E-state index is 13.0. The van der Waals surface area contributed by atoms with Crippen LogP contribution in [0.15, 0.2) is 65.6 Å². The number of nitrogens with one attached hydrogen (secondary N) is 1. The molecule has 0 spiro atoms. The molecule has 3 amide bonds. The van der Waals surface area contributed by atoms with Crippen LogP contribution in [0, 0.1) is 14.9 Å². The number of carbonyl (C=O) groups excluding carboxylic acids is 3. The van der Waals surface area contributed by atoms with E-state index in [0.29, 0.717) is 34.2 Å². The molecule has 3 aromatic rings. The van der Waals surface area contributed by atoms with Crippen LogP contribution in [0.1, 0.15) is 42.0 Å². The van der Waals surface area contributed by atoms with E-state index in [0.717, 1.165) is 31.4 Å². The Hall–Kier alpha value is -3.82. The number of amides is 3. The largest absolute Gasteiger partial charge is 0.493 e. The van der Waals surface area contributed by atoms with Gasteiger partial charge in [-0.2, -0.15) is 5.26 Å². The summed E-state index contributed by atoms with van der Waals surface area (Å²) in [5.74, 6) is 0.304. The Labute approximate surface area is 250 Å². The number of thioether (sulfide) groups is 1. The van der Waals surface area contributed by atoms with Gasteiger partial charge in [0, 0.05) is 11.3 Å². The van der Waals surface area contributed by atoms with Crippen LogP contribution in [-0.2, 0) is 16.2 Å². The van der Waals surface area contributed by atoms with Gasteiger partial charge in [0.05, 0.1) is 27.2 Å². The van der Waals surface area contributed by atoms with E-state index in [1.54, 1.807) is 42.5 Å². The van der Waals surface area contributed by atoms with Crippen molar-refractivity contribution in [3.05, 3.63) is 91.4 Å². The Morgan fingerprint density at radius 2 is 1.88 bits per heavy atom. The Balaban J connectivity index is 1.45. The van der Waals surface area contributed by atoms with Gasteiger partial charge in [0.1, 0.15) is 13.2 Å². The van der Waals surface area contributed by atoms with Crippen molar-refractivity contribution < 1.29 is 23.9 Å². The van der Waals surface area contributed by atoms with Gasteiger partial charge in [-0.1, -0.05) is 44.2 Å². The second-order valence-electron chi connectivity index (χ2n) is 9.18. The first kappa shape index (κ1) is 29.2. The molecule has 40 heavy (non-hydrogen) atoms. The molecule has 0 unspecified atom stereocenters. The van der Waals surface area contributed by atoms with Gasteiger partial charge in [0.2, 0.25) is 5.91 Å². The van der Waals surface area contributed by atoms with Crippen molar-refractivity contribution in [1.29, 1.82) is 5.26 Å². The van der Waals surface area contributed by atoms with Crippen LogP contribution in [-0.4, -0.2) is 35.6 Å². The second kappa shape index (κ2) is 13.0. The number of halogens is 1. The van der Waals surface area contributed by atoms with E-state index in [1.165, 1.54) is 7.11 Å². The van der Waals surface area contributed by atoms with Crippen molar-refractivity contribution in [2.45, 2.75) is 26.4 Å². The van der Waals surface area contributed by atoms with Gasteiger partial charge >= 0.3 is 0 Å². The number of ether oxygens (including phenoxy) is 2. The minimum Gasteiger partial charge on any atom is -0.493 e. The fourth-order valence-corrected chi connectivity index (χ4v) is 5.57. The number of methoxy groups -OCH3 is 1. The minimum absolute atomic E-state index is 0.179. The summed E-state index contributed by atoms with van der Waals surface area (Å²) in [7, 11) is 1.51. The van der Waals surface area contributed by atoms with Crippen LogP contribution in [0.2, 0.25) is 0 Å². The molecule has 3 aromatic carbocycles. The van der Waals surface area contributed by atoms with Crippen molar-refractivity contribution in [1.82, 2.24) is 4.90 Å². The zero-order chi connectivity index (χ0) is 28.8. The zero-order valence-corrected chi connectivity index (χ0v) is 25.0. The first-order valence-electron chi connectivity index (χ1n) is 12.3. The SMILES string of the molecule is COc1cc(/C=C2/SC(=O)N(CC(=O)Nc3ccc(C(C)C)cc3)C2=O)cc(I)c1OCc1ccccc1C#N. The molecule has 0 bridgehead atoms. The van der Waals surface area contributed by atoms with Crippen LogP contribution in [0.5, 0.6) is 11.5 Å². The van der Waals surface area contributed by atoms with E-state index >= 15 is 0 Å². The van der Waals surface area contributed by atoms with E-state index in [4.69, 9.17) is 9.47 Å². The molecule has 8 nitrogen and oxygen atoms in total. The normalized spacial score (nSPS) is 14.0. The highest BCUT2D eigenvalue weighted by atomic mass is 127. The quantitative estimate of drug-likeness (QED) is 0.204. The lowest BCUT2D eigenvalue weighted by Gasteiger charge is -2.14. The second-order valence-corrected chi connectivity index (χ2v) is 11.3. The predicted octanol–water partition coefficient (Wildman–Crippen LogP) is 6.55. The fourth-order valence-electron chi connectivity index (χ4n) is 3.95. The lowest BCUT2D eigenvalue weighted by Crippen LogP contribution is -2.36. The molecule has 0 saturated carbocycles. The Kier molecular flexibility index (Phi) is 9.50. The van der Waals surface area contributed by atoms with E-state index in [-0.39, 0.29) is 18.1 Å². The predicted molar refractivity (Wildman–Crippen MR) is 163 cm³/mol. The van der Waals surface area contributed by atoms with Crippen LogP contribution in [0.25, 0.3) is 6.08 Å². The maximum Gasteiger partial charge on any atom is 0.294 e. The number of imide groups is 1. The number of rotatable bonds is 9. The van der Waals surface area contributed by atoms with E-state index in [1.807, 2.05) is 24.3 Å². The lowest BCUT2D eigenvalue weighted by atomic mass is 10.0. The zero-order valence-electron chi connectivity index (χ0n) is 22.1. The third-order valence-corrected chi connectivity index (χ3v) is 7.80. The average molecular weight is 668 g/mol. The summed E-state index contributed by atoms with van der Waals surface area (Å²) in [5, 5.41) is 11.5. The molecule has 1 N–H and O–H groups in total. The van der Waals surface area contributed by atoms with E-state index in [9.17, 15) is 19.6 Å². The molecular weight excluding hydrogens is 641 g/mol. The van der Waals surface area contributed by atoms with Gasteiger partial charge in [-0.05, 0) is 87.8 Å². The summed E-state index contributed by atoms with van der Waals surface area (Å²) in [6.45, 7) is 3.96. The average Bonchev–Trinajstić information content (AvgIpc) is 3.19. The van der Waals surface area contributed by atoms with Crippen molar-refractivity contribution in [2.75, 3.05) is 19.0 Å². The van der Waals surface area contributed by atoms with Gasteiger partial charge in [-0.3, -0.25) is 19.3 Å². The highest BCUT2D eigenvalue weighted by molar-refractivity contribution is 14.1. The topological polar surface area (TPSA) is 109 Å². The van der Waals surface area contributed by atoms with Crippen LogP contribution >= 0.6 is 34.4 Å². The van der Waals surface area contributed by atoms with Gasteiger partial charge in [-0.25, -0.2) is 0 Å². The van der Waals surface area contributed by atoms with Gasteiger partial charge in [0.25, 0.3) is 11.1 Å².